The number of esters is 2. The van der Waals surface area contributed by atoms with Crippen LogP contribution >= 0.6 is 0 Å². The van der Waals surface area contributed by atoms with Gasteiger partial charge in [0.05, 0.1) is 187 Å². The smallest absolute Gasteiger partial charge is 0.338 e. The van der Waals surface area contributed by atoms with Gasteiger partial charge in [0, 0.05) is 56.3 Å². The lowest BCUT2D eigenvalue weighted by atomic mass is 9.91. The van der Waals surface area contributed by atoms with Crippen molar-refractivity contribution in [3.8, 4) is 0 Å². The third-order valence-electron chi connectivity index (χ3n) is 27.6. The van der Waals surface area contributed by atoms with Gasteiger partial charge in [0.1, 0.15) is 67.1 Å². The van der Waals surface area contributed by atoms with Crippen molar-refractivity contribution >= 4 is 24.3 Å². The summed E-state index contributed by atoms with van der Waals surface area (Å²) in [5.41, 5.74) is 6.15. The van der Waals surface area contributed by atoms with Gasteiger partial charge < -0.3 is 129 Å². The highest BCUT2D eigenvalue weighted by Gasteiger charge is 2.53. The maximum Gasteiger partial charge on any atom is 0.338 e. The van der Waals surface area contributed by atoms with Gasteiger partial charge in [-0.1, -0.05) is 227 Å². The predicted molar refractivity (Wildman–Crippen MR) is 551 cm³/mol. The number of furan rings is 2. The summed E-state index contributed by atoms with van der Waals surface area (Å²) in [6.07, 6.45) is 6.62. The van der Waals surface area contributed by atoms with Crippen molar-refractivity contribution in [1.29, 1.82) is 0 Å². The van der Waals surface area contributed by atoms with Gasteiger partial charge in [0.15, 0.2) is 23.1 Å². The van der Waals surface area contributed by atoms with Crippen LogP contribution in [-0.4, -0.2) is 235 Å². The summed E-state index contributed by atoms with van der Waals surface area (Å²) in [5.74, 6) is -1.99. The molecule has 0 aliphatic carbocycles. The first-order valence-corrected chi connectivity index (χ1v) is 51.8. The second-order valence-corrected chi connectivity index (χ2v) is 40.9. The summed E-state index contributed by atoms with van der Waals surface area (Å²) in [4.78, 5) is 36.4. The molecule has 0 bridgehead atoms. The lowest BCUT2D eigenvalue weighted by molar-refractivity contribution is -0.148. The van der Waals surface area contributed by atoms with Crippen molar-refractivity contribution in [3.63, 3.8) is 0 Å². The van der Waals surface area contributed by atoms with E-state index >= 15 is 0 Å². The number of carbonyl (C=O) groups is 3. The second kappa shape index (κ2) is 55.4. The number of carbonyl (C=O) groups excluding carboxylic acids is 3. The average Bonchev–Trinajstić information content (AvgIpc) is 2.19. The maximum absolute atomic E-state index is 12.9. The van der Waals surface area contributed by atoms with Crippen molar-refractivity contribution in [3.05, 3.63) is 331 Å². The van der Waals surface area contributed by atoms with Crippen LogP contribution in [0.3, 0.4) is 0 Å². The van der Waals surface area contributed by atoms with Gasteiger partial charge in [-0.15, -0.1) is 13.2 Å². The summed E-state index contributed by atoms with van der Waals surface area (Å²) in [5, 5.41) is 43.1. The molecule has 29 nitrogen and oxygen atoms in total. The number of hydrogen-bond donors (Lipinski definition) is 4. The zero-order valence-electron chi connectivity index (χ0n) is 86.8. The van der Waals surface area contributed by atoms with Crippen molar-refractivity contribution in [2.75, 3.05) is 33.0 Å². The van der Waals surface area contributed by atoms with Crippen LogP contribution in [0.2, 0.25) is 0 Å². The van der Waals surface area contributed by atoms with Gasteiger partial charge in [0.25, 0.3) is 0 Å². The SMILES string of the molecule is C=CC[C@@H]1O[C@H](CC(COC(=O)c2ccccc2)OC(=O)c2ccccc2)[C@H](OCc2ccccc2)[C@H]1O.C=CC[C@@H]1O[C@H](CC2COC(C)(C)O2)[C@H](OCc2ccccc2)[C@H]1O.C[C@@H]1[C@@H](OCc2ccccc2)[C@@H](CC2COC(C)(C)O2)O[C@H]1/C=C/c1ccco1.C[C@@H]1[C@@H](OCc2ccccc2)[C@@H](CC2COC(C)(C)O2)O[C@H]1CC=O.C[C@H]1[C@H]([C@H](O)[C@@H](O)c2ccco2)O[C@H](CC2COC(C)(C)O2)[C@@H]1OCc1ccccc1. The van der Waals surface area contributed by atoms with E-state index in [9.17, 15) is 34.8 Å². The minimum absolute atomic E-state index is 0.00925. The van der Waals surface area contributed by atoms with Crippen molar-refractivity contribution < 1.29 is 138 Å². The summed E-state index contributed by atoms with van der Waals surface area (Å²) in [7, 11) is 0. The first-order chi connectivity index (χ1) is 71.3. The Hall–Kier alpha value is -9.95. The number of rotatable bonds is 41. The van der Waals surface area contributed by atoms with Crippen molar-refractivity contribution in [2.24, 2.45) is 17.8 Å². The maximum atomic E-state index is 12.9. The van der Waals surface area contributed by atoms with E-state index in [2.05, 4.69) is 57.3 Å². The molecule has 18 rings (SSSR count). The zero-order chi connectivity index (χ0) is 105. The van der Waals surface area contributed by atoms with Crippen molar-refractivity contribution in [2.45, 2.75) is 330 Å². The number of ether oxygens (including phenoxy) is 20. The van der Waals surface area contributed by atoms with E-state index in [1.807, 2.05) is 208 Å². The molecule has 9 fully saturated rings. The molecule has 9 aliphatic heterocycles. The molecule has 27 atom stereocenters. The van der Waals surface area contributed by atoms with E-state index in [4.69, 9.17) is 104 Å². The summed E-state index contributed by atoms with van der Waals surface area (Å²) in [6, 6.07) is 74.2. The average molecular weight is 2040 g/mol. The first kappa shape index (κ1) is 114. The van der Waals surface area contributed by atoms with Gasteiger partial charge in [-0.3, -0.25) is 0 Å². The number of aliphatic hydroxyl groups is 4. The predicted octanol–water partition coefficient (Wildman–Crippen LogP) is 18.7. The highest BCUT2D eigenvalue weighted by atomic mass is 16.8. The Morgan fingerprint density at radius 3 is 1.13 bits per heavy atom. The van der Waals surface area contributed by atoms with Crippen molar-refractivity contribution in [1.82, 2.24) is 0 Å². The molecular weight excluding hydrogens is 1890 g/mol. The fourth-order valence-electron chi connectivity index (χ4n) is 20.1. The minimum atomic E-state index is -1.18. The molecule has 7 aromatic carbocycles. The molecule has 148 heavy (non-hydrogen) atoms. The fourth-order valence-corrected chi connectivity index (χ4v) is 20.1. The summed E-state index contributed by atoms with van der Waals surface area (Å²) < 4.78 is 131. The zero-order valence-corrected chi connectivity index (χ0v) is 86.8. The molecule has 2 aromatic heterocycles. The van der Waals surface area contributed by atoms with E-state index in [1.165, 1.54) is 6.26 Å². The molecule has 800 valence electrons. The quantitative estimate of drug-likeness (QED) is 0.0157. The van der Waals surface area contributed by atoms with Crippen LogP contribution in [0.5, 0.6) is 0 Å². The Balaban J connectivity index is 0.000000147. The molecule has 29 heteroatoms. The third kappa shape index (κ3) is 33.5. The summed E-state index contributed by atoms with van der Waals surface area (Å²) >= 11 is 0. The normalized spacial score (nSPS) is 30.0. The van der Waals surface area contributed by atoms with Crippen LogP contribution < -0.4 is 0 Å². The Bertz CT molecular complexity index is 5290. The van der Waals surface area contributed by atoms with E-state index in [0.29, 0.717) is 108 Å². The van der Waals surface area contributed by atoms with E-state index in [-0.39, 0.29) is 123 Å². The van der Waals surface area contributed by atoms with Gasteiger partial charge in [-0.05, 0) is 151 Å². The molecule has 0 saturated carbocycles. The number of aliphatic hydroxyl groups excluding tert-OH is 4. The lowest BCUT2D eigenvalue weighted by Gasteiger charge is -2.25. The first-order valence-electron chi connectivity index (χ1n) is 51.8. The number of aldehydes is 1. The molecule has 11 heterocycles. The highest BCUT2D eigenvalue weighted by molar-refractivity contribution is 5.90. The minimum Gasteiger partial charge on any atom is -0.466 e. The Morgan fingerprint density at radius 1 is 0.392 bits per heavy atom. The summed E-state index contributed by atoms with van der Waals surface area (Å²) in [6.45, 7) is 33.3. The number of benzene rings is 7. The third-order valence-corrected chi connectivity index (χ3v) is 27.6. The van der Waals surface area contributed by atoms with E-state index < -0.39 is 96.1 Å². The van der Waals surface area contributed by atoms with Crippen LogP contribution in [-0.2, 0) is 133 Å². The largest absolute Gasteiger partial charge is 0.466 e. The molecule has 9 aromatic rings. The van der Waals surface area contributed by atoms with E-state index in [1.54, 1.807) is 91.2 Å². The molecule has 9 aliphatic rings. The lowest BCUT2D eigenvalue weighted by Crippen LogP contribution is -2.38. The molecule has 5 unspecified atom stereocenters. The molecule has 4 N–H and O–H groups in total. The molecule has 9 saturated heterocycles. The van der Waals surface area contributed by atoms with Gasteiger partial charge in [-0.25, -0.2) is 9.59 Å². The van der Waals surface area contributed by atoms with Gasteiger partial charge in [0.2, 0.25) is 0 Å². The molecule has 0 amide bonds. The topological polar surface area (TPSA) is 343 Å². The van der Waals surface area contributed by atoms with Gasteiger partial charge in [-0.2, -0.15) is 0 Å². The molecular formula is C119H150O29. The second-order valence-electron chi connectivity index (χ2n) is 40.9. The Labute approximate surface area is 869 Å². The van der Waals surface area contributed by atoms with Crippen LogP contribution in [0.25, 0.3) is 6.08 Å². The monoisotopic (exact) mass is 2040 g/mol. The Morgan fingerprint density at radius 2 is 0.743 bits per heavy atom. The molecule has 0 radical (unpaired) electrons. The van der Waals surface area contributed by atoms with Gasteiger partial charge >= 0.3 is 11.9 Å². The van der Waals surface area contributed by atoms with Crippen LogP contribution in [0.1, 0.15) is 194 Å². The highest BCUT2D eigenvalue weighted by Crippen LogP contribution is 2.43. The van der Waals surface area contributed by atoms with Crippen LogP contribution in [0.4, 0.5) is 0 Å². The van der Waals surface area contributed by atoms with E-state index in [0.717, 1.165) is 46.3 Å². The standard InChI is InChI=1S/C31H32O7.C24H32O7.C24H30O5.2C20H28O5/c1-2-12-26-28(32)29(35-20-22-13-6-3-7-14-22)27(38-26)19-25(37-31(34)24-17-10-5-11-18-24)21-36-30(33)23-15-8-4-9-16-23;1-15-22(28-13-16-8-5-4-6-9-16)19(12-17-14-29-24(2,3)31-17)30-23(15)21(26)20(25)18-10-7-11-27-18;1-17-21(12-11-19-10-7-13-25-19)28-22(14-20-16-27-24(2,3)29-20)23(17)26-15-18-8-5-4-6-9-18;1-14-17(9-10-21)24-18(11-16-13-23-20(2,3)25-16)19(14)22-12-15-7-5-4-6-8-15;1-4-8-16-18(21)19(22-12-14-9-6-5-7-10-14)17(24-16)11-15-13-23-20(2,3)25-15/h2-11,13-18,25-29,32H,1,12,19-21H2;4-11,15,17,19-23,25-26H,12-14H2,1-3H3;4-13,17,20-23H,14-16H2,1-3H3;4-8,10,14,16-19H,9,11-13H2,1-3H3;4-7,9-10,15-19,21H,1,8,11-13H2,2-3H3/b;;12-11+;;/t25?,26-,27+,28-,29-;15-,17?,19-,20+,21-,22-,23-;17-,20?,21-,22+,23+;14-,16?,17-,18+,19+;15?,16-,17+,18-,19-/m01000/s1. The fraction of sp³-hybridized carbons (Fsp3) is 0.504. The Kier molecular flexibility index (Phi) is 42.5. The number of hydrogen-bond acceptors (Lipinski definition) is 29. The van der Waals surface area contributed by atoms with Crippen LogP contribution in [0.15, 0.2) is 289 Å². The molecule has 0 spiro atoms. The van der Waals surface area contributed by atoms with Crippen LogP contribution in [0, 0.1) is 17.8 Å².